The summed E-state index contributed by atoms with van der Waals surface area (Å²) in [4.78, 5) is 28.5. The van der Waals surface area contributed by atoms with Crippen molar-refractivity contribution in [1.82, 2.24) is 4.98 Å². The van der Waals surface area contributed by atoms with Crippen LogP contribution in [0.3, 0.4) is 0 Å². The highest BCUT2D eigenvalue weighted by Gasteiger charge is 2.09. The van der Waals surface area contributed by atoms with E-state index in [0.29, 0.717) is 16.9 Å². The van der Waals surface area contributed by atoms with Crippen molar-refractivity contribution in [3.8, 4) is 21.8 Å². The fourth-order valence-electron chi connectivity index (χ4n) is 2.99. The fraction of sp³-hybridized carbons (Fsp3) is 0.0417. The summed E-state index contributed by atoms with van der Waals surface area (Å²) in [6.45, 7) is 1.43. The van der Waals surface area contributed by atoms with Crippen LogP contribution in [0.5, 0.6) is 0 Å². The van der Waals surface area contributed by atoms with Crippen LogP contribution in [0.25, 0.3) is 21.8 Å². The molecule has 0 saturated carbocycles. The molecule has 3 aromatic carbocycles. The zero-order valence-corrected chi connectivity index (χ0v) is 17.1. The summed E-state index contributed by atoms with van der Waals surface area (Å²) in [5, 5.41) is 8.56. The molecule has 1 heterocycles. The number of benzene rings is 3. The molecule has 0 bridgehead atoms. The number of aromatic nitrogens is 1. The Kier molecular flexibility index (Phi) is 5.68. The van der Waals surface area contributed by atoms with Crippen LogP contribution in [0.4, 0.5) is 11.4 Å². The second-order valence-corrected chi connectivity index (χ2v) is 7.56. The zero-order chi connectivity index (χ0) is 20.9. The lowest BCUT2D eigenvalue weighted by atomic mass is 10.1. The van der Waals surface area contributed by atoms with Crippen LogP contribution in [0, 0.1) is 0 Å². The van der Waals surface area contributed by atoms with Crippen molar-refractivity contribution in [3.05, 3.63) is 89.8 Å². The number of anilines is 2. The summed E-state index contributed by atoms with van der Waals surface area (Å²) in [6.07, 6.45) is 0. The number of thiazole rings is 1. The standard InChI is InChI=1S/C24H19N3O2S/c1-16(28)25-21-9-5-8-19(14-21)23(29)26-20-12-10-17(11-13-20)22-15-30-24(27-22)18-6-3-2-4-7-18/h2-15H,1H3,(H,25,28)(H,26,29). The number of amides is 2. The molecule has 2 N–H and O–H groups in total. The lowest BCUT2D eigenvalue weighted by Gasteiger charge is -2.08. The molecule has 0 spiro atoms. The Morgan fingerprint density at radius 3 is 2.30 bits per heavy atom. The molecule has 4 aromatic rings. The minimum absolute atomic E-state index is 0.180. The van der Waals surface area contributed by atoms with Gasteiger partial charge in [-0.15, -0.1) is 11.3 Å². The first kappa shape index (κ1) is 19.5. The SMILES string of the molecule is CC(=O)Nc1cccc(C(=O)Nc2ccc(-c3csc(-c4ccccc4)n3)cc2)c1. The van der Waals surface area contributed by atoms with Crippen LogP contribution in [0.2, 0.25) is 0 Å². The Balaban J connectivity index is 1.46. The Labute approximate surface area is 178 Å². The predicted molar refractivity (Wildman–Crippen MR) is 122 cm³/mol. The van der Waals surface area contributed by atoms with Gasteiger partial charge < -0.3 is 10.6 Å². The smallest absolute Gasteiger partial charge is 0.255 e. The van der Waals surface area contributed by atoms with Gasteiger partial charge >= 0.3 is 0 Å². The molecule has 5 nitrogen and oxygen atoms in total. The summed E-state index contributed by atoms with van der Waals surface area (Å²) >= 11 is 1.60. The van der Waals surface area contributed by atoms with Crippen molar-refractivity contribution in [2.75, 3.05) is 10.6 Å². The van der Waals surface area contributed by atoms with E-state index >= 15 is 0 Å². The van der Waals surface area contributed by atoms with Crippen molar-refractivity contribution in [2.45, 2.75) is 6.92 Å². The highest BCUT2D eigenvalue weighted by molar-refractivity contribution is 7.13. The van der Waals surface area contributed by atoms with Crippen molar-refractivity contribution in [1.29, 1.82) is 0 Å². The first-order valence-electron chi connectivity index (χ1n) is 9.39. The third-order valence-electron chi connectivity index (χ3n) is 4.41. The van der Waals surface area contributed by atoms with Crippen LogP contribution in [0.1, 0.15) is 17.3 Å². The number of hydrogen-bond acceptors (Lipinski definition) is 4. The zero-order valence-electron chi connectivity index (χ0n) is 16.3. The molecule has 148 valence electrons. The van der Waals surface area contributed by atoms with Crippen LogP contribution in [-0.4, -0.2) is 16.8 Å². The third-order valence-corrected chi connectivity index (χ3v) is 5.30. The summed E-state index contributed by atoms with van der Waals surface area (Å²) in [6, 6.07) is 24.5. The molecule has 1 aromatic heterocycles. The number of carbonyl (C=O) groups excluding carboxylic acids is 2. The van der Waals surface area contributed by atoms with Gasteiger partial charge in [0.1, 0.15) is 5.01 Å². The average molecular weight is 414 g/mol. The fourth-order valence-corrected chi connectivity index (χ4v) is 3.82. The van der Waals surface area contributed by atoms with Gasteiger partial charge in [-0.25, -0.2) is 4.98 Å². The molecule has 0 unspecified atom stereocenters. The third kappa shape index (κ3) is 4.61. The van der Waals surface area contributed by atoms with Crippen molar-refractivity contribution in [3.63, 3.8) is 0 Å². The molecule has 0 fully saturated rings. The molecule has 30 heavy (non-hydrogen) atoms. The number of rotatable bonds is 5. The maximum atomic E-state index is 12.5. The van der Waals surface area contributed by atoms with E-state index in [1.807, 2.05) is 60.0 Å². The summed E-state index contributed by atoms with van der Waals surface area (Å²) < 4.78 is 0. The normalized spacial score (nSPS) is 10.4. The maximum Gasteiger partial charge on any atom is 0.255 e. The Bertz CT molecular complexity index is 1180. The Hall–Kier alpha value is -3.77. The first-order chi connectivity index (χ1) is 14.6. The molecule has 6 heteroatoms. The first-order valence-corrected chi connectivity index (χ1v) is 10.3. The predicted octanol–water partition coefficient (Wildman–Crippen LogP) is 5.69. The number of nitrogens with one attached hydrogen (secondary N) is 2. The van der Waals surface area contributed by atoms with Gasteiger partial charge in [0.15, 0.2) is 0 Å². The molecule has 0 aliphatic heterocycles. The molecule has 0 saturated heterocycles. The Morgan fingerprint density at radius 2 is 1.57 bits per heavy atom. The average Bonchev–Trinajstić information content (AvgIpc) is 3.25. The summed E-state index contributed by atoms with van der Waals surface area (Å²) in [5.74, 6) is -0.421. The minimum Gasteiger partial charge on any atom is -0.326 e. The minimum atomic E-state index is -0.241. The highest BCUT2D eigenvalue weighted by atomic mass is 32.1. The monoisotopic (exact) mass is 413 g/mol. The largest absolute Gasteiger partial charge is 0.326 e. The number of hydrogen-bond donors (Lipinski definition) is 2. The van der Waals surface area contributed by atoms with Gasteiger partial charge in [-0.3, -0.25) is 9.59 Å². The summed E-state index contributed by atoms with van der Waals surface area (Å²) in [7, 11) is 0. The molecular formula is C24H19N3O2S. The van der Waals surface area contributed by atoms with Crippen molar-refractivity contribution < 1.29 is 9.59 Å². The van der Waals surface area contributed by atoms with E-state index in [1.165, 1.54) is 6.92 Å². The van der Waals surface area contributed by atoms with Crippen LogP contribution >= 0.6 is 11.3 Å². The molecule has 0 aliphatic carbocycles. The molecular weight excluding hydrogens is 394 g/mol. The van der Waals surface area contributed by atoms with Gasteiger partial charge in [0.05, 0.1) is 5.69 Å². The van der Waals surface area contributed by atoms with E-state index in [4.69, 9.17) is 4.98 Å². The van der Waals surface area contributed by atoms with Crippen molar-refractivity contribution >= 4 is 34.5 Å². The van der Waals surface area contributed by atoms with Crippen LogP contribution in [0.15, 0.2) is 84.2 Å². The molecule has 0 atom stereocenters. The highest BCUT2D eigenvalue weighted by Crippen LogP contribution is 2.29. The lowest BCUT2D eigenvalue weighted by Crippen LogP contribution is -2.13. The molecule has 2 amide bonds. The number of carbonyl (C=O) groups is 2. The molecule has 0 aliphatic rings. The van der Waals surface area contributed by atoms with E-state index in [9.17, 15) is 9.59 Å². The van der Waals surface area contributed by atoms with E-state index < -0.39 is 0 Å². The van der Waals surface area contributed by atoms with Crippen LogP contribution in [-0.2, 0) is 4.79 Å². The second-order valence-electron chi connectivity index (χ2n) is 6.70. The second kappa shape index (κ2) is 8.71. The lowest BCUT2D eigenvalue weighted by molar-refractivity contribution is -0.114. The van der Waals surface area contributed by atoms with Crippen molar-refractivity contribution in [2.24, 2.45) is 0 Å². The topological polar surface area (TPSA) is 71.1 Å². The van der Waals surface area contributed by atoms with Gasteiger partial charge in [-0.1, -0.05) is 48.5 Å². The van der Waals surface area contributed by atoms with Gasteiger partial charge in [0, 0.05) is 40.4 Å². The van der Waals surface area contributed by atoms with Gasteiger partial charge in [0.25, 0.3) is 5.91 Å². The molecule has 4 rings (SSSR count). The van der Waals surface area contributed by atoms with E-state index in [2.05, 4.69) is 10.6 Å². The van der Waals surface area contributed by atoms with E-state index in [-0.39, 0.29) is 11.8 Å². The molecule has 0 radical (unpaired) electrons. The van der Waals surface area contributed by atoms with E-state index in [1.54, 1.807) is 35.6 Å². The number of nitrogens with zero attached hydrogens (tertiary/aromatic N) is 1. The van der Waals surface area contributed by atoms with Crippen LogP contribution < -0.4 is 10.6 Å². The van der Waals surface area contributed by atoms with Gasteiger partial charge in [-0.2, -0.15) is 0 Å². The maximum absolute atomic E-state index is 12.5. The van der Waals surface area contributed by atoms with Gasteiger partial charge in [-0.05, 0) is 30.3 Å². The quantitative estimate of drug-likeness (QED) is 0.442. The van der Waals surface area contributed by atoms with E-state index in [0.717, 1.165) is 21.8 Å². The summed E-state index contributed by atoms with van der Waals surface area (Å²) in [5.41, 5.74) is 4.73. The van der Waals surface area contributed by atoms with Gasteiger partial charge in [0.2, 0.25) is 5.91 Å². The Morgan fingerprint density at radius 1 is 0.800 bits per heavy atom.